The Hall–Kier alpha value is -2.58. The molecule has 2 aliphatic rings. The molecule has 0 aromatic heterocycles. The molecule has 0 radical (unpaired) electrons. The highest BCUT2D eigenvalue weighted by Gasteiger charge is 2.32. The van der Waals surface area contributed by atoms with E-state index in [1.54, 1.807) is 20.3 Å². The number of ether oxygens (including phenoxy) is 2. The Morgan fingerprint density at radius 3 is 2.38 bits per heavy atom. The molecule has 1 saturated heterocycles. The van der Waals surface area contributed by atoms with Crippen LogP contribution in [0.25, 0.3) is 0 Å². The number of amides is 1. The van der Waals surface area contributed by atoms with Crippen molar-refractivity contribution in [2.24, 2.45) is 5.92 Å². The van der Waals surface area contributed by atoms with E-state index >= 15 is 0 Å². The molecule has 8 heteroatoms. The van der Waals surface area contributed by atoms with Crippen molar-refractivity contribution in [2.45, 2.75) is 49.8 Å². The number of hydrogen-bond donors (Lipinski definition) is 1. The minimum Gasteiger partial charge on any atom is -0.493 e. The summed E-state index contributed by atoms with van der Waals surface area (Å²) in [4.78, 5) is 13.1. The zero-order chi connectivity index (χ0) is 24.1. The molecule has 1 N–H and O–H groups in total. The number of sulfonamides is 1. The minimum atomic E-state index is -3.53. The first-order chi connectivity index (χ1) is 16.4. The first-order valence-electron chi connectivity index (χ1n) is 12.0. The highest BCUT2D eigenvalue weighted by Crippen LogP contribution is 2.29. The third-order valence-electron chi connectivity index (χ3n) is 6.94. The Bertz CT molecular complexity index is 1120. The molecule has 2 aromatic rings. The SMILES string of the molecule is COc1ccc(CCNC(=O)C2CCN(S(=O)(=O)c3ccc4c(c3)CCCC4)CC2)cc1OC. The second-order valence-corrected chi connectivity index (χ2v) is 11.0. The number of benzene rings is 2. The van der Waals surface area contributed by atoms with Gasteiger partial charge in [0.15, 0.2) is 11.5 Å². The van der Waals surface area contributed by atoms with Gasteiger partial charge in [-0.05, 0) is 85.9 Å². The van der Waals surface area contributed by atoms with E-state index in [0.29, 0.717) is 55.3 Å². The lowest BCUT2D eigenvalue weighted by Gasteiger charge is -2.31. The van der Waals surface area contributed by atoms with E-state index in [9.17, 15) is 13.2 Å². The van der Waals surface area contributed by atoms with E-state index in [1.807, 2.05) is 30.3 Å². The van der Waals surface area contributed by atoms with E-state index < -0.39 is 10.0 Å². The molecule has 0 saturated carbocycles. The van der Waals surface area contributed by atoms with Crippen molar-refractivity contribution in [3.05, 3.63) is 53.1 Å². The number of nitrogens with one attached hydrogen (secondary N) is 1. The van der Waals surface area contributed by atoms with Gasteiger partial charge >= 0.3 is 0 Å². The Balaban J connectivity index is 1.28. The number of methoxy groups -OCH3 is 2. The van der Waals surface area contributed by atoms with Crippen LogP contribution in [0.2, 0.25) is 0 Å². The Morgan fingerprint density at radius 1 is 0.971 bits per heavy atom. The second-order valence-electron chi connectivity index (χ2n) is 9.05. The number of nitrogens with zero attached hydrogens (tertiary/aromatic N) is 1. The molecule has 4 rings (SSSR count). The normalized spacial score (nSPS) is 17.1. The molecular weight excluding hydrogens is 452 g/mol. The fourth-order valence-corrected chi connectivity index (χ4v) is 6.41. The highest BCUT2D eigenvalue weighted by atomic mass is 32.2. The van der Waals surface area contributed by atoms with Gasteiger partial charge in [-0.25, -0.2) is 8.42 Å². The van der Waals surface area contributed by atoms with Gasteiger partial charge in [0.25, 0.3) is 0 Å². The summed E-state index contributed by atoms with van der Waals surface area (Å²) in [5, 5.41) is 3.01. The molecule has 0 spiro atoms. The van der Waals surface area contributed by atoms with E-state index in [1.165, 1.54) is 16.3 Å². The van der Waals surface area contributed by atoms with Crippen LogP contribution >= 0.6 is 0 Å². The largest absolute Gasteiger partial charge is 0.493 e. The molecule has 2 aromatic carbocycles. The summed E-state index contributed by atoms with van der Waals surface area (Å²) >= 11 is 0. The maximum absolute atomic E-state index is 13.2. The summed E-state index contributed by atoms with van der Waals surface area (Å²) in [6.45, 7) is 1.25. The fraction of sp³-hybridized carbons (Fsp3) is 0.500. The van der Waals surface area contributed by atoms with Crippen LogP contribution in [-0.4, -0.2) is 52.5 Å². The lowest BCUT2D eigenvalue weighted by molar-refractivity contribution is -0.126. The topological polar surface area (TPSA) is 84.9 Å². The van der Waals surface area contributed by atoms with Crippen LogP contribution in [0.3, 0.4) is 0 Å². The van der Waals surface area contributed by atoms with Crippen molar-refractivity contribution >= 4 is 15.9 Å². The summed E-state index contributed by atoms with van der Waals surface area (Å²) in [5.74, 6) is 1.16. The monoisotopic (exact) mass is 486 g/mol. The van der Waals surface area contributed by atoms with Crippen molar-refractivity contribution in [2.75, 3.05) is 33.9 Å². The standard InChI is InChI=1S/C26H34N2O5S/c1-32-24-10-7-19(17-25(24)33-2)11-14-27-26(29)21-12-15-28(16-13-21)34(30,31)23-9-8-20-5-3-4-6-22(20)18-23/h7-10,17-18,21H,3-6,11-16H2,1-2H3,(H,27,29). The average molecular weight is 487 g/mol. The molecule has 0 atom stereocenters. The summed E-state index contributed by atoms with van der Waals surface area (Å²) in [7, 11) is -0.333. The third-order valence-corrected chi connectivity index (χ3v) is 8.84. The first kappa shape index (κ1) is 24.5. The van der Waals surface area contributed by atoms with Gasteiger partial charge in [0.1, 0.15) is 0 Å². The lowest BCUT2D eigenvalue weighted by Crippen LogP contribution is -2.43. The molecule has 1 fully saturated rings. The molecule has 1 heterocycles. The van der Waals surface area contributed by atoms with Crippen LogP contribution < -0.4 is 14.8 Å². The highest BCUT2D eigenvalue weighted by molar-refractivity contribution is 7.89. The van der Waals surface area contributed by atoms with E-state index in [-0.39, 0.29) is 11.8 Å². The van der Waals surface area contributed by atoms with Gasteiger partial charge < -0.3 is 14.8 Å². The second kappa shape index (κ2) is 10.8. The Morgan fingerprint density at radius 2 is 1.68 bits per heavy atom. The molecule has 1 aliphatic carbocycles. The molecule has 7 nitrogen and oxygen atoms in total. The number of piperidine rings is 1. The molecule has 0 unspecified atom stereocenters. The zero-order valence-corrected chi connectivity index (χ0v) is 20.8. The van der Waals surface area contributed by atoms with Crippen LogP contribution in [-0.2, 0) is 34.1 Å². The van der Waals surface area contributed by atoms with Gasteiger partial charge in [-0.3, -0.25) is 4.79 Å². The molecule has 34 heavy (non-hydrogen) atoms. The zero-order valence-electron chi connectivity index (χ0n) is 20.0. The van der Waals surface area contributed by atoms with Crippen LogP contribution in [0.5, 0.6) is 11.5 Å². The van der Waals surface area contributed by atoms with Gasteiger partial charge in [0.2, 0.25) is 15.9 Å². The average Bonchev–Trinajstić information content (AvgIpc) is 2.88. The van der Waals surface area contributed by atoms with Gasteiger partial charge in [-0.15, -0.1) is 0 Å². The molecule has 1 aliphatic heterocycles. The van der Waals surface area contributed by atoms with Crippen LogP contribution in [0.1, 0.15) is 42.4 Å². The van der Waals surface area contributed by atoms with Gasteiger partial charge in [-0.1, -0.05) is 12.1 Å². The predicted octanol–water partition coefficient (Wildman–Crippen LogP) is 3.34. The van der Waals surface area contributed by atoms with Crippen LogP contribution in [0.4, 0.5) is 0 Å². The number of carbonyl (C=O) groups is 1. The van der Waals surface area contributed by atoms with Crippen molar-refractivity contribution < 1.29 is 22.7 Å². The van der Waals surface area contributed by atoms with Gasteiger partial charge in [-0.2, -0.15) is 4.31 Å². The molecule has 184 valence electrons. The number of hydrogen-bond acceptors (Lipinski definition) is 5. The quantitative estimate of drug-likeness (QED) is 0.619. The number of carbonyl (C=O) groups excluding carboxylic acids is 1. The van der Waals surface area contributed by atoms with Gasteiger partial charge in [0, 0.05) is 25.6 Å². The maximum atomic E-state index is 13.2. The lowest BCUT2D eigenvalue weighted by atomic mass is 9.92. The van der Waals surface area contributed by atoms with E-state index in [4.69, 9.17) is 9.47 Å². The Labute approximate surface area is 202 Å². The van der Waals surface area contributed by atoms with Crippen molar-refractivity contribution in [3.63, 3.8) is 0 Å². The minimum absolute atomic E-state index is 0.00805. The van der Waals surface area contributed by atoms with Gasteiger partial charge in [0.05, 0.1) is 19.1 Å². The van der Waals surface area contributed by atoms with E-state index in [2.05, 4.69) is 5.32 Å². The number of aryl methyl sites for hydroxylation is 2. The smallest absolute Gasteiger partial charge is 0.243 e. The summed E-state index contributed by atoms with van der Waals surface area (Å²) in [6, 6.07) is 11.3. The van der Waals surface area contributed by atoms with Crippen molar-refractivity contribution in [1.29, 1.82) is 0 Å². The maximum Gasteiger partial charge on any atom is 0.243 e. The fourth-order valence-electron chi connectivity index (χ4n) is 4.89. The van der Waals surface area contributed by atoms with Crippen molar-refractivity contribution in [1.82, 2.24) is 9.62 Å². The first-order valence-corrected chi connectivity index (χ1v) is 13.5. The van der Waals surface area contributed by atoms with E-state index in [0.717, 1.165) is 30.4 Å². The molecule has 0 bridgehead atoms. The summed E-state index contributed by atoms with van der Waals surface area (Å²) in [5.41, 5.74) is 3.48. The number of fused-ring (bicyclic) bond motifs is 1. The molecule has 1 amide bonds. The number of rotatable bonds is 8. The summed E-state index contributed by atoms with van der Waals surface area (Å²) < 4.78 is 38.5. The molecular formula is C26H34N2O5S. The predicted molar refractivity (Wildman–Crippen MR) is 131 cm³/mol. The van der Waals surface area contributed by atoms with Crippen LogP contribution in [0, 0.1) is 5.92 Å². The third kappa shape index (κ3) is 5.39. The Kier molecular flexibility index (Phi) is 7.78. The van der Waals surface area contributed by atoms with Crippen LogP contribution in [0.15, 0.2) is 41.3 Å². The summed E-state index contributed by atoms with van der Waals surface area (Å²) in [6.07, 6.45) is 6.01. The van der Waals surface area contributed by atoms with Crippen molar-refractivity contribution in [3.8, 4) is 11.5 Å².